The molecule has 1 amide bonds. The number of hydrogen-bond acceptors (Lipinski definition) is 3. The maximum Gasteiger partial charge on any atom is 0.271 e. The number of aliphatic hydroxyl groups excluding tert-OH is 1. The largest absolute Gasteiger partial charge is 0.393 e. The number of nitrogens with zero attached hydrogens (tertiary/aromatic N) is 2. The second-order valence-electron chi connectivity index (χ2n) is 5.96. The first-order valence-corrected chi connectivity index (χ1v) is 8.03. The van der Waals surface area contributed by atoms with Gasteiger partial charge in [0.05, 0.1) is 11.8 Å². The first kappa shape index (κ1) is 17.5. The van der Waals surface area contributed by atoms with Crippen LogP contribution in [-0.4, -0.2) is 33.4 Å². The van der Waals surface area contributed by atoms with Crippen molar-refractivity contribution in [3.8, 4) is 5.69 Å². The standard InChI is InChI=1S/C17H22ClN3O2/c1-11(7-13(3)22)10-19-17(23)16-8-12(2)21(20-16)15-6-4-5-14(18)9-15/h4-6,8-9,11,13,22H,7,10H2,1-3H3,(H,19,23)/t11-,13-/m1/s1. The van der Waals surface area contributed by atoms with Crippen molar-refractivity contribution in [2.75, 3.05) is 6.54 Å². The molecule has 0 radical (unpaired) electrons. The van der Waals surface area contributed by atoms with Crippen LogP contribution in [-0.2, 0) is 0 Å². The highest BCUT2D eigenvalue weighted by atomic mass is 35.5. The number of aromatic nitrogens is 2. The van der Waals surface area contributed by atoms with Crippen molar-refractivity contribution < 1.29 is 9.90 Å². The van der Waals surface area contributed by atoms with Crippen LogP contribution in [0.25, 0.3) is 5.69 Å². The molecule has 0 saturated carbocycles. The van der Waals surface area contributed by atoms with E-state index in [4.69, 9.17) is 11.6 Å². The van der Waals surface area contributed by atoms with Crippen molar-refractivity contribution in [3.05, 3.63) is 46.7 Å². The third kappa shape index (κ3) is 4.81. The summed E-state index contributed by atoms with van der Waals surface area (Å²) in [5.74, 6) is -0.0126. The van der Waals surface area contributed by atoms with Gasteiger partial charge in [0.25, 0.3) is 5.91 Å². The van der Waals surface area contributed by atoms with E-state index in [1.807, 2.05) is 26.0 Å². The second kappa shape index (κ2) is 7.62. The lowest BCUT2D eigenvalue weighted by molar-refractivity contribution is 0.0934. The molecule has 2 aromatic rings. The molecule has 0 saturated heterocycles. The van der Waals surface area contributed by atoms with Gasteiger partial charge in [-0.3, -0.25) is 4.79 Å². The van der Waals surface area contributed by atoms with E-state index in [0.29, 0.717) is 23.7 Å². The Hall–Kier alpha value is -1.85. The van der Waals surface area contributed by atoms with Gasteiger partial charge in [0.1, 0.15) is 0 Å². The number of nitrogens with one attached hydrogen (secondary N) is 1. The summed E-state index contributed by atoms with van der Waals surface area (Å²) in [6.45, 7) is 6.13. The molecule has 1 aromatic carbocycles. The topological polar surface area (TPSA) is 67.2 Å². The molecule has 2 N–H and O–H groups in total. The molecular formula is C17H22ClN3O2. The third-order valence-electron chi connectivity index (χ3n) is 3.53. The summed E-state index contributed by atoms with van der Waals surface area (Å²) in [5.41, 5.74) is 2.04. The van der Waals surface area contributed by atoms with Crippen molar-refractivity contribution in [2.24, 2.45) is 5.92 Å². The zero-order valence-electron chi connectivity index (χ0n) is 13.6. The minimum Gasteiger partial charge on any atom is -0.393 e. The van der Waals surface area contributed by atoms with Gasteiger partial charge in [-0.1, -0.05) is 24.6 Å². The Labute approximate surface area is 141 Å². The highest BCUT2D eigenvalue weighted by Crippen LogP contribution is 2.17. The zero-order valence-corrected chi connectivity index (χ0v) is 14.3. The van der Waals surface area contributed by atoms with Gasteiger partial charge in [-0.15, -0.1) is 0 Å². The Morgan fingerprint density at radius 2 is 2.13 bits per heavy atom. The van der Waals surface area contributed by atoms with Crippen LogP contribution in [0.1, 0.15) is 36.5 Å². The number of carbonyl (C=O) groups is 1. The average molecular weight is 336 g/mol. The first-order valence-electron chi connectivity index (χ1n) is 7.65. The Balaban J connectivity index is 2.07. The lowest BCUT2D eigenvalue weighted by Crippen LogP contribution is -2.29. The number of hydrogen-bond donors (Lipinski definition) is 2. The number of aliphatic hydroxyl groups is 1. The molecular weight excluding hydrogens is 314 g/mol. The molecule has 0 bridgehead atoms. The molecule has 6 heteroatoms. The van der Waals surface area contributed by atoms with E-state index >= 15 is 0 Å². The van der Waals surface area contributed by atoms with Crippen molar-refractivity contribution in [1.29, 1.82) is 0 Å². The summed E-state index contributed by atoms with van der Waals surface area (Å²) in [4.78, 5) is 12.2. The van der Waals surface area contributed by atoms with Crippen molar-refractivity contribution >= 4 is 17.5 Å². The minimum absolute atomic E-state index is 0.204. The van der Waals surface area contributed by atoms with Crippen LogP contribution in [0.2, 0.25) is 5.02 Å². The zero-order chi connectivity index (χ0) is 17.0. The number of amides is 1. The predicted molar refractivity (Wildman–Crippen MR) is 91.1 cm³/mol. The molecule has 5 nitrogen and oxygen atoms in total. The maximum atomic E-state index is 12.2. The molecule has 23 heavy (non-hydrogen) atoms. The van der Waals surface area contributed by atoms with E-state index in [1.54, 1.807) is 29.8 Å². The summed E-state index contributed by atoms with van der Waals surface area (Å²) >= 11 is 6.00. The fourth-order valence-corrected chi connectivity index (χ4v) is 2.66. The Morgan fingerprint density at radius 1 is 1.39 bits per heavy atom. The van der Waals surface area contributed by atoms with Crippen LogP contribution in [0.3, 0.4) is 0 Å². The van der Waals surface area contributed by atoms with Gasteiger partial charge < -0.3 is 10.4 Å². The Bertz CT molecular complexity index is 682. The average Bonchev–Trinajstić information content (AvgIpc) is 2.86. The van der Waals surface area contributed by atoms with Gasteiger partial charge >= 0.3 is 0 Å². The molecule has 0 aliphatic rings. The lowest BCUT2D eigenvalue weighted by Gasteiger charge is -2.13. The van der Waals surface area contributed by atoms with E-state index in [1.165, 1.54) is 0 Å². The summed E-state index contributed by atoms with van der Waals surface area (Å²) < 4.78 is 1.69. The quantitative estimate of drug-likeness (QED) is 0.852. The Morgan fingerprint density at radius 3 is 2.78 bits per heavy atom. The van der Waals surface area contributed by atoms with Crippen LogP contribution in [0.4, 0.5) is 0 Å². The fourth-order valence-electron chi connectivity index (χ4n) is 2.48. The molecule has 0 fully saturated rings. The predicted octanol–water partition coefficient (Wildman–Crippen LogP) is 2.97. The first-order chi connectivity index (χ1) is 10.9. The van der Waals surface area contributed by atoms with Gasteiger partial charge in [-0.05, 0) is 50.5 Å². The van der Waals surface area contributed by atoms with Crippen LogP contribution in [0.15, 0.2) is 30.3 Å². The van der Waals surface area contributed by atoms with Gasteiger partial charge in [-0.2, -0.15) is 5.10 Å². The number of halogens is 1. The van der Waals surface area contributed by atoms with E-state index in [-0.39, 0.29) is 17.9 Å². The van der Waals surface area contributed by atoms with Crippen molar-refractivity contribution in [2.45, 2.75) is 33.3 Å². The number of rotatable bonds is 6. The van der Waals surface area contributed by atoms with E-state index in [0.717, 1.165) is 11.4 Å². The number of aryl methyl sites for hydroxylation is 1. The summed E-state index contributed by atoms with van der Waals surface area (Å²) in [6.07, 6.45) is 0.280. The van der Waals surface area contributed by atoms with Crippen LogP contribution in [0, 0.1) is 12.8 Å². The van der Waals surface area contributed by atoms with Crippen LogP contribution in [0.5, 0.6) is 0 Å². The number of carbonyl (C=O) groups excluding carboxylic acids is 1. The summed E-state index contributed by atoms with van der Waals surface area (Å²) in [6, 6.07) is 9.07. The van der Waals surface area contributed by atoms with E-state index in [9.17, 15) is 9.90 Å². The Kier molecular flexibility index (Phi) is 5.80. The van der Waals surface area contributed by atoms with Crippen LogP contribution >= 0.6 is 11.6 Å². The highest BCUT2D eigenvalue weighted by molar-refractivity contribution is 6.30. The molecule has 0 spiro atoms. The molecule has 124 valence electrons. The van der Waals surface area contributed by atoms with Gasteiger partial charge in [0.2, 0.25) is 0 Å². The molecule has 1 aromatic heterocycles. The van der Waals surface area contributed by atoms with E-state index < -0.39 is 0 Å². The van der Waals surface area contributed by atoms with Gasteiger partial charge in [0, 0.05) is 17.3 Å². The van der Waals surface area contributed by atoms with Crippen molar-refractivity contribution in [1.82, 2.24) is 15.1 Å². The molecule has 0 aliphatic carbocycles. The van der Waals surface area contributed by atoms with Gasteiger partial charge in [0.15, 0.2) is 5.69 Å². The van der Waals surface area contributed by atoms with Crippen molar-refractivity contribution in [3.63, 3.8) is 0 Å². The highest BCUT2D eigenvalue weighted by Gasteiger charge is 2.15. The monoisotopic (exact) mass is 335 g/mol. The lowest BCUT2D eigenvalue weighted by atomic mass is 10.0. The summed E-state index contributed by atoms with van der Waals surface area (Å²) in [7, 11) is 0. The molecule has 2 atom stereocenters. The SMILES string of the molecule is Cc1cc(C(=O)NC[C@H](C)C[C@@H](C)O)nn1-c1cccc(Cl)c1. The van der Waals surface area contributed by atoms with Gasteiger partial charge in [-0.25, -0.2) is 4.68 Å². The second-order valence-corrected chi connectivity index (χ2v) is 6.40. The molecule has 2 rings (SSSR count). The molecule has 0 unspecified atom stereocenters. The molecule has 1 heterocycles. The van der Waals surface area contributed by atoms with Crippen LogP contribution < -0.4 is 5.32 Å². The summed E-state index contributed by atoms with van der Waals surface area (Å²) in [5, 5.41) is 17.2. The number of benzene rings is 1. The fraction of sp³-hybridized carbons (Fsp3) is 0.412. The molecule has 0 aliphatic heterocycles. The minimum atomic E-state index is -0.369. The van der Waals surface area contributed by atoms with E-state index in [2.05, 4.69) is 10.4 Å². The third-order valence-corrected chi connectivity index (χ3v) is 3.76. The normalized spacial score (nSPS) is 13.6. The maximum absolute atomic E-state index is 12.2. The smallest absolute Gasteiger partial charge is 0.271 e.